The van der Waals surface area contributed by atoms with Crippen LogP contribution in [0, 0.1) is 0 Å². The third kappa shape index (κ3) is 3.54. The SMILES string of the molecule is CCN(CC)CCn1c2ccc(B3OC(C)(C)C(C)(C)O3)cc2c2c3c(ccc21)C(=O)CC3. The second kappa shape index (κ2) is 7.97. The first-order valence-electron chi connectivity index (χ1n) is 12.4. The van der Waals surface area contributed by atoms with Crippen molar-refractivity contribution in [1.82, 2.24) is 9.47 Å². The highest BCUT2D eigenvalue weighted by Gasteiger charge is 2.51. The van der Waals surface area contributed by atoms with E-state index in [-0.39, 0.29) is 17.0 Å². The van der Waals surface area contributed by atoms with E-state index in [1.54, 1.807) is 0 Å². The van der Waals surface area contributed by atoms with Gasteiger partial charge in [-0.25, -0.2) is 0 Å². The standard InChI is InChI=1S/C27H35BN2O3/c1-7-29(8-2)15-16-30-22-12-9-18(28-32-26(3,4)27(5,6)33-28)17-21(22)25-20-11-14-24(31)19(20)10-13-23(25)30/h9-10,12-13,17H,7-8,11,14-16H2,1-6H3. The normalized spacial score (nSPS) is 19.4. The number of Topliss-reactive ketones (excluding diaryl/α,β-unsaturated/α-hetero) is 1. The van der Waals surface area contributed by atoms with Gasteiger partial charge in [0.2, 0.25) is 0 Å². The second-order valence-corrected chi connectivity index (χ2v) is 10.5. The number of likely N-dealkylation sites (N-methyl/N-ethyl adjacent to an activating group) is 1. The van der Waals surface area contributed by atoms with E-state index in [1.165, 1.54) is 27.4 Å². The number of nitrogens with zero attached hydrogens (tertiary/aromatic N) is 2. The molecule has 2 aromatic carbocycles. The van der Waals surface area contributed by atoms with Gasteiger partial charge in [-0.15, -0.1) is 0 Å². The molecule has 5 nitrogen and oxygen atoms in total. The smallest absolute Gasteiger partial charge is 0.399 e. The lowest BCUT2D eigenvalue weighted by atomic mass is 9.78. The second-order valence-electron chi connectivity index (χ2n) is 10.5. The highest BCUT2D eigenvalue weighted by atomic mass is 16.7. The van der Waals surface area contributed by atoms with Crippen LogP contribution < -0.4 is 5.46 Å². The fraction of sp³-hybridized carbons (Fsp3) is 0.519. The van der Waals surface area contributed by atoms with E-state index in [0.29, 0.717) is 6.42 Å². The Morgan fingerprint density at radius 2 is 1.64 bits per heavy atom. The molecule has 2 heterocycles. The number of aromatic nitrogens is 1. The molecule has 0 saturated carbocycles. The number of fused-ring (bicyclic) bond motifs is 5. The Morgan fingerprint density at radius 3 is 2.30 bits per heavy atom. The van der Waals surface area contributed by atoms with Gasteiger partial charge in [-0.3, -0.25) is 4.79 Å². The number of ketones is 1. The van der Waals surface area contributed by atoms with Crippen LogP contribution in [-0.4, -0.2) is 53.2 Å². The molecule has 0 atom stereocenters. The maximum absolute atomic E-state index is 12.5. The molecule has 1 aromatic heterocycles. The van der Waals surface area contributed by atoms with Gasteiger partial charge in [0.25, 0.3) is 0 Å². The lowest BCUT2D eigenvalue weighted by Crippen LogP contribution is -2.41. The summed E-state index contributed by atoms with van der Waals surface area (Å²) in [5.41, 5.74) is 4.81. The minimum absolute atomic E-state index is 0.262. The fourth-order valence-corrected chi connectivity index (χ4v) is 5.32. The van der Waals surface area contributed by atoms with E-state index >= 15 is 0 Å². The Morgan fingerprint density at radius 1 is 0.970 bits per heavy atom. The van der Waals surface area contributed by atoms with Crippen molar-refractivity contribution in [1.29, 1.82) is 0 Å². The van der Waals surface area contributed by atoms with E-state index < -0.39 is 7.12 Å². The van der Waals surface area contributed by atoms with Crippen LogP contribution in [0.5, 0.6) is 0 Å². The predicted molar refractivity (Wildman–Crippen MR) is 136 cm³/mol. The summed E-state index contributed by atoms with van der Waals surface area (Å²) in [7, 11) is -0.396. The van der Waals surface area contributed by atoms with Gasteiger partial charge >= 0.3 is 7.12 Å². The van der Waals surface area contributed by atoms with Crippen LogP contribution in [0.15, 0.2) is 30.3 Å². The van der Waals surface area contributed by atoms with Gasteiger partial charge in [0.1, 0.15) is 0 Å². The largest absolute Gasteiger partial charge is 0.494 e. The van der Waals surface area contributed by atoms with Crippen molar-refractivity contribution >= 4 is 40.2 Å². The van der Waals surface area contributed by atoms with Crippen molar-refractivity contribution in [2.45, 2.75) is 72.1 Å². The minimum Gasteiger partial charge on any atom is -0.399 e. The Hall–Kier alpha value is -2.15. The Balaban J connectivity index is 1.66. The quantitative estimate of drug-likeness (QED) is 0.521. The topological polar surface area (TPSA) is 43.7 Å². The first-order valence-corrected chi connectivity index (χ1v) is 12.4. The molecule has 0 N–H and O–H groups in total. The number of aryl methyl sites for hydroxylation is 1. The molecule has 6 heteroatoms. The van der Waals surface area contributed by atoms with Crippen molar-refractivity contribution in [3.05, 3.63) is 41.5 Å². The summed E-state index contributed by atoms with van der Waals surface area (Å²) < 4.78 is 15.1. The van der Waals surface area contributed by atoms with Crippen molar-refractivity contribution in [3.8, 4) is 0 Å². The summed E-state index contributed by atoms with van der Waals surface area (Å²) in [4.78, 5) is 15.0. The summed E-state index contributed by atoms with van der Waals surface area (Å²) in [6.45, 7) is 16.8. The number of hydrogen-bond donors (Lipinski definition) is 0. The first kappa shape index (κ1) is 22.6. The zero-order chi connectivity index (χ0) is 23.5. The highest BCUT2D eigenvalue weighted by molar-refractivity contribution is 6.62. The molecule has 0 unspecified atom stereocenters. The van der Waals surface area contributed by atoms with Gasteiger partial charge < -0.3 is 18.8 Å². The van der Waals surface area contributed by atoms with Crippen molar-refractivity contribution in [2.24, 2.45) is 0 Å². The van der Waals surface area contributed by atoms with Gasteiger partial charge in [-0.05, 0) is 76.4 Å². The van der Waals surface area contributed by atoms with E-state index in [4.69, 9.17) is 9.31 Å². The van der Waals surface area contributed by atoms with E-state index in [2.05, 4.69) is 75.3 Å². The lowest BCUT2D eigenvalue weighted by Gasteiger charge is -2.32. The van der Waals surface area contributed by atoms with Crippen LogP contribution in [0.25, 0.3) is 21.8 Å². The maximum atomic E-state index is 12.5. The van der Waals surface area contributed by atoms with Gasteiger partial charge in [0.05, 0.1) is 11.2 Å². The van der Waals surface area contributed by atoms with Gasteiger partial charge in [-0.1, -0.05) is 26.0 Å². The number of carbonyl (C=O) groups is 1. The minimum atomic E-state index is -0.396. The van der Waals surface area contributed by atoms with Crippen LogP contribution >= 0.6 is 0 Å². The molecule has 3 aromatic rings. The van der Waals surface area contributed by atoms with Crippen LogP contribution in [0.2, 0.25) is 0 Å². The first-order chi connectivity index (χ1) is 15.7. The van der Waals surface area contributed by atoms with Gasteiger partial charge in [0.15, 0.2) is 5.78 Å². The number of carbonyl (C=O) groups excluding carboxylic acids is 1. The van der Waals surface area contributed by atoms with Crippen LogP contribution in [-0.2, 0) is 22.3 Å². The summed E-state index contributed by atoms with van der Waals surface area (Å²) in [5.74, 6) is 0.262. The molecule has 0 spiro atoms. The molecule has 5 rings (SSSR count). The van der Waals surface area contributed by atoms with E-state index in [9.17, 15) is 4.79 Å². The molecule has 0 bridgehead atoms. The Kier molecular flexibility index (Phi) is 5.47. The Labute approximate surface area is 197 Å². The number of benzene rings is 2. The third-order valence-electron chi connectivity index (χ3n) is 8.12. The zero-order valence-electron chi connectivity index (χ0n) is 20.8. The molecule has 1 fully saturated rings. The van der Waals surface area contributed by atoms with Crippen LogP contribution in [0.1, 0.15) is 63.9 Å². The number of hydrogen-bond acceptors (Lipinski definition) is 4. The average Bonchev–Trinajstić information content (AvgIpc) is 3.37. The maximum Gasteiger partial charge on any atom is 0.494 e. The monoisotopic (exact) mass is 446 g/mol. The summed E-state index contributed by atoms with van der Waals surface area (Å²) in [6.07, 6.45) is 1.43. The third-order valence-corrected chi connectivity index (χ3v) is 8.12. The van der Waals surface area contributed by atoms with E-state index in [0.717, 1.165) is 43.6 Å². The Bertz CT molecular complexity index is 1220. The molecule has 1 aliphatic heterocycles. The molecular formula is C27H35BN2O3. The number of rotatable bonds is 6. The summed E-state index contributed by atoms with van der Waals surface area (Å²) in [6, 6.07) is 10.8. The van der Waals surface area contributed by atoms with Crippen molar-refractivity contribution in [3.63, 3.8) is 0 Å². The predicted octanol–water partition coefficient (Wildman–Crippen LogP) is 4.56. The molecule has 174 valence electrons. The molecule has 1 aliphatic carbocycles. The lowest BCUT2D eigenvalue weighted by molar-refractivity contribution is 0.00578. The van der Waals surface area contributed by atoms with Crippen molar-refractivity contribution in [2.75, 3.05) is 19.6 Å². The molecule has 0 amide bonds. The van der Waals surface area contributed by atoms with Gasteiger partial charge in [0, 0.05) is 46.9 Å². The fourth-order valence-electron chi connectivity index (χ4n) is 5.32. The average molecular weight is 446 g/mol. The molecular weight excluding hydrogens is 411 g/mol. The molecule has 2 aliphatic rings. The zero-order valence-corrected chi connectivity index (χ0v) is 20.8. The summed E-state index contributed by atoms with van der Waals surface area (Å²) >= 11 is 0. The van der Waals surface area contributed by atoms with Gasteiger partial charge in [-0.2, -0.15) is 0 Å². The van der Waals surface area contributed by atoms with Crippen LogP contribution in [0.3, 0.4) is 0 Å². The highest BCUT2D eigenvalue weighted by Crippen LogP contribution is 2.39. The van der Waals surface area contributed by atoms with Crippen molar-refractivity contribution < 1.29 is 14.1 Å². The molecule has 33 heavy (non-hydrogen) atoms. The van der Waals surface area contributed by atoms with Crippen LogP contribution in [0.4, 0.5) is 0 Å². The van der Waals surface area contributed by atoms with E-state index in [1.807, 2.05) is 6.07 Å². The molecule has 1 saturated heterocycles. The summed E-state index contributed by atoms with van der Waals surface area (Å²) in [5, 5.41) is 2.43. The molecule has 0 radical (unpaired) electrons.